The predicted octanol–water partition coefficient (Wildman–Crippen LogP) is 5.90. The summed E-state index contributed by atoms with van der Waals surface area (Å²) in [7, 11) is 3.93. The minimum Gasteiger partial charge on any atom is -0.383 e. The van der Waals surface area contributed by atoms with E-state index < -0.39 is 0 Å². The van der Waals surface area contributed by atoms with Gasteiger partial charge in [-0.2, -0.15) is 0 Å². The average Bonchev–Trinajstić information content (AvgIpc) is 3.39. The minimum atomic E-state index is -0.239. The Morgan fingerprint density at radius 3 is 2.43 bits per heavy atom. The smallest absolute Gasteiger partial charge is 0.219 e. The molecule has 3 heterocycles. The number of nitrogens with zero attached hydrogens (tertiary/aromatic N) is 6. The topological polar surface area (TPSA) is 119 Å². The summed E-state index contributed by atoms with van der Waals surface area (Å²) >= 11 is 0. The number of aromatic nitrogens is 4. The molecule has 44 heavy (non-hydrogen) atoms. The van der Waals surface area contributed by atoms with Crippen molar-refractivity contribution in [1.29, 1.82) is 0 Å². The van der Waals surface area contributed by atoms with Crippen molar-refractivity contribution in [3.63, 3.8) is 0 Å². The van der Waals surface area contributed by atoms with Gasteiger partial charge >= 0.3 is 0 Å². The van der Waals surface area contributed by atoms with E-state index in [2.05, 4.69) is 71.8 Å². The Morgan fingerprint density at radius 2 is 1.82 bits per heavy atom. The normalized spacial score (nSPS) is 15.6. The maximum Gasteiger partial charge on any atom is 0.219 e. The number of allylic oxidation sites excluding steroid dienone is 4. The van der Waals surface area contributed by atoms with Crippen LogP contribution in [0.3, 0.4) is 0 Å². The molecule has 4 N–H and O–H groups in total. The molecule has 1 amide bonds. The van der Waals surface area contributed by atoms with Crippen LogP contribution in [-0.4, -0.2) is 61.9 Å². The molecule has 3 aromatic heterocycles. The Labute approximate surface area is 260 Å². The minimum absolute atomic E-state index is 0.0799. The Morgan fingerprint density at radius 1 is 1.09 bits per heavy atom. The molecule has 1 aromatic carbocycles. The first-order chi connectivity index (χ1) is 21.0. The fraction of sp³-hybridized carbons (Fsp3) is 0.371. The van der Waals surface area contributed by atoms with E-state index in [0.717, 1.165) is 77.2 Å². The van der Waals surface area contributed by atoms with Crippen molar-refractivity contribution in [2.75, 3.05) is 26.4 Å². The molecule has 4 aromatic rings. The van der Waals surface area contributed by atoms with Crippen molar-refractivity contribution >= 4 is 28.5 Å². The van der Waals surface area contributed by atoms with Crippen molar-refractivity contribution in [2.24, 2.45) is 5.73 Å². The quantitative estimate of drug-likeness (QED) is 0.220. The number of amides is 1. The molecular weight excluding hydrogens is 548 g/mol. The second-order valence-corrected chi connectivity index (χ2v) is 12.0. The highest BCUT2D eigenvalue weighted by Gasteiger charge is 2.34. The van der Waals surface area contributed by atoms with Crippen LogP contribution in [0.15, 0.2) is 72.6 Å². The van der Waals surface area contributed by atoms with Gasteiger partial charge in [0.2, 0.25) is 5.91 Å². The third-order valence-corrected chi connectivity index (χ3v) is 9.14. The lowest BCUT2D eigenvalue weighted by Gasteiger charge is -2.38. The number of rotatable bonds is 10. The first kappa shape index (κ1) is 30.9. The van der Waals surface area contributed by atoms with Crippen LogP contribution >= 0.6 is 0 Å². The molecular formula is C35H44N8O. The summed E-state index contributed by atoms with van der Waals surface area (Å²) in [6, 6.07) is 16.4. The fourth-order valence-electron chi connectivity index (χ4n) is 5.64. The van der Waals surface area contributed by atoms with E-state index in [9.17, 15) is 4.79 Å². The van der Waals surface area contributed by atoms with Crippen LogP contribution in [0.4, 0.5) is 5.82 Å². The van der Waals surface area contributed by atoms with E-state index in [0.29, 0.717) is 11.6 Å². The van der Waals surface area contributed by atoms with E-state index in [-0.39, 0.29) is 17.5 Å². The van der Waals surface area contributed by atoms with Gasteiger partial charge in [-0.05, 0) is 100 Å². The molecule has 1 aliphatic rings. The van der Waals surface area contributed by atoms with Gasteiger partial charge in [0.05, 0.1) is 11.3 Å². The molecule has 9 heteroatoms. The van der Waals surface area contributed by atoms with Crippen LogP contribution in [-0.2, 0) is 10.3 Å². The number of carbonyl (C=O) groups excluding carboxylic acids is 1. The summed E-state index contributed by atoms with van der Waals surface area (Å²) in [5.41, 5.74) is 20.0. The number of hydrogen-bond acceptors (Lipinski definition) is 7. The Bertz CT molecular complexity index is 1710. The number of hydrogen-bond donors (Lipinski definition) is 2. The summed E-state index contributed by atoms with van der Waals surface area (Å²) in [6.07, 6.45) is 9.96. The molecule has 0 aliphatic heterocycles. The number of pyridine rings is 2. The Balaban J connectivity index is 1.51. The number of carbonyl (C=O) groups is 1. The zero-order chi connectivity index (χ0) is 31.6. The van der Waals surface area contributed by atoms with Gasteiger partial charge in [0.15, 0.2) is 11.5 Å². The number of nitrogens with two attached hydrogens (primary N) is 2. The number of imidazole rings is 1. The van der Waals surface area contributed by atoms with Crippen LogP contribution in [0, 0.1) is 0 Å². The lowest BCUT2D eigenvalue weighted by atomic mass is 9.73. The molecule has 1 aliphatic carbocycles. The van der Waals surface area contributed by atoms with Gasteiger partial charge in [-0.25, -0.2) is 15.0 Å². The Hall–Kier alpha value is -4.50. The van der Waals surface area contributed by atoms with Crippen molar-refractivity contribution in [3.05, 3.63) is 83.8 Å². The molecule has 0 radical (unpaired) electrons. The van der Waals surface area contributed by atoms with Crippen molar-refractivity contribution in [1.82, 2.24) is 29.3 Å². The van der Waals surface area contributed by atoms with Gasteiger partial charge in [0.1, 0.15) is 11.3 Å². The maximum atomic E-state index is 11.7. The summed E-state index contributed by atoms with van der Waals surface area (Å²) in [5, 5.41) is 0. The molecule has 0 bridgehead atoms. The van der Waals surface area contributed by atoms with Gasteiger partial charge in [0, 0.05) is 56.7 Å². The number of anilines is 1. The number of nitrogen functional groups attached to an aromatic ring is 1. The summed E-state index contributed by atoms with van der Waals surface area (Å²) in [5.74, 6) is 1.18. The molecule has 1 fully saturated rings. The summed E-state index contributed by atoms with van der Waals surface area (Å²) in [6.45, 7) is 8.63. The van der Waals surface area contributed by atoms with Gasteiger partial charge < -0.3 is 21.3 Å². The highest BCUT2D eigenvalue weighted by molar-refractivity contribution is 5.85. The second kappa shape index (κ2) is 12.6. The van der Waals surface area contributed by atoms with Gasteiger partial charge in [-0.1, -0.05) is 18.2 Å². The zero-order valence-electron chi connectivity index (χ0n) is 26.7. The third-order valence-electron chi connectivity index (χ3n) is 9.14. The second-order valence-electron chi connectivity index (χ2n) is 12.0. The van der Waals surface area contributed by atoms with Crippen molar-refractivity contribution in [2.45, 2.75) is 65.0 Å². The van der Waals surface area contributed by atoms with Gasteiger partial charge in [-0.15, -0.1) is 0 Å². The summed E-state index contributed by atoms with van der Waals surface area (Å²) < 4.78 is 2.06. The first-order valence-corrected chi connectivity index (χ1v) is 15.3. The lowest BCUT2D eigenvalue weighted by Crippen LogP contribution is -2.43. The number of benzene rings is 1. The third kappa shape index (κ3) is 6.10. The maximum absolute atomic E-state index is 11.7. The first-order valence-electron chi connectivity index (χ1n) is 15.3. The van der Waals surface area contributed by atoms with E-state index in [1.54, 1.807) is 18.0 Å². The van der Waals surface area contributed by atoms with Gasteiger partial charge in [-0.3, -0.25) is 9.36 Å². The van der Waals surface area contributed by atoms with Crippen molar-refractivity contribution < 1.29 is 4.79 Å². The fourth-order valence-corrected chi connectivity index (χ4v) is 5.64. The monoisotopic (exact) mass is 592 g/mol. The molecule has 5 rings (SSSR count). The van der Waals surface area contributed by atoms with Crippen LogP contribution < -0.4 is 11.5 Å². The zero-order valence-corrected chi connectivity index (χ0v) is 26.7. The molecule has 1 unspecified atom stereocenters. The van der Waals surface area contributed by atoms with E-state index >= 15 is 0 Å². The van der Waals surface area contributed by atoms with Crippen LogP contribution in [0.25, 0.3) is 33.8 Å². The number of fused-ring (bicyclic) bond motifs is 1. The predicted molar refractivity (Wildman–Crippen MR) is 179 cm³/mol. The molecule has 230 valence electrons. The SMILES string of the molecule is CC=C(C=C(C)N(C)CCC(C)N(C)C(C)=O)c1ccc2nc(-c3cccnc3N)n(-c3ccc(C4(N)CCC4)cc3)c2n1. The van der Waals surface area contributed by atoms with Crippen LogP contribution in [0.2, 0.25) is 0 Å². The highest BCUT2D eigenvalue weighted by atomic mass is 16.2. The van der Waals surface area contributed by atoms with E-state index in [4.69, 9.17) is 21.4 Å². The molecule has 1 saturated carbocycles. The average molecular weight is 593 g/mol. The largest absolute Gasteiger partial charge is 0.383 e. The van der Waals surface area contributed by atoms with E-state index in [1.807, 2.05) is 38.2 Å². The van der Waals surface area contributed by atoms with Crippen LogP contribution in [0.5, 0.6) is 0 Å². The van der Waals surface area contributed by atoms with Crippen molar-refractivity contribution in [3.8, 4) is 17.1 Å². The van der Waals surface area contributed by atoms with Crippen LogP contribution in [0.1, 0.15) is 64.6 Å². The lowest BCUT2D eigenvalue weighted by molar-refractivity contribution is -0.129. The van der Waals surface area contributed by atoms with E-state index in [1.165, 1.54) is 0 Å². The standard InChI is InChI=1S/C35H44N8O/c1-7-26(22-24(3)41(5)21-17-23(2)42(6)25(4)44)30-15-16-31-34(39-30)43(33(40-31)29-10-8-20-38-32(29)36)28-13-11-27(12-14-28)35(37)18-9-19-35/h7-8,10-16,20,22-23H,9,17-19,21,37H2,1-6H3,(H2,36,38). The summed E-state index contributed by atoms with van der Waals surface area (Å²) in [4.78, 5) is 30.2. The highest BCUT2D eigenvalue weighted by Crippen LogP contribution is 2.39. The Kier molecular flexibility index (Phi) is 8.87. The van der Waals surface area contributed by atoms with Gasteiger partial charge in [0.25, 0.3) is 0 Å². The molecule has 9 nitrogen and oxygen atoms in total. The molecule has 0 spiro atoms. The molecule has 1 atom stereocenters. The molecule has 0 saturated heterocycles.